The molecule has 0 spiro atoms. The highest BCUT2D eigenvalue weighted by atomic mass is 127. The van der Waals surface area contributed by atoms with Gasteiger partial charge in [0, 0.05) is 41.0 Å². The van der Waals surface area contributed by atoms with Crippen LogP contribution in [0, 0.1) is 23.0 Å². The van der Waals surface area contributed by atoms with Crippen molar-refractivity contribution < 1.29 is 61.5 Å². The summed E-state index contributed by atoms with van der Waals surface area (Å²) in [6, 6.07) is 11.6. The number of ether oxygens (including phenoxy) is 2. The zero-order valence-corrected chi connectivity index (χ0v) is 28.0. The van der Waals surface area contributed by atoms with Crippen LogP contribution in [0.1, 0.15) is 48.7 Å². The van der Waals surface area contributed by atoms with E-state index in [4.69, 9.17) is 14.7 Å². The van der Waals surface area contributed by atoms with E-state index in [-0.39, 0.29) is 55.5 Å². The van der Waals surface area contributed by atoms with E-state index in [1.807, 2.05) is 0 Å². The average molecular weight is 765 g/mol. The lowest BCUT2D eigenvalue weighted by Gasteiger charge is -2.32. The van der Waals surface area contributed by atoms with Crippen molar-refractivity contribution in [3.05, 3.63) is 88.3 Å². The summed E-state index contributed by atoms with van der Waals surface area (Å²) in [6.45, 7) is 3.07. The molecule has 242 valence electrons. The largest absolute Gasteiger partial charge is 1.00 e. The third-order valence-corrected chi connectivity index (χ3v) is 8.80. The number of amides is 1. The fourth-order valence-corrected chi connectivity index (χ4v) is 6.23. The summed E-state index contributed by atoms with van der Waals surface area (Å²) in [5.41, 5.74) is -0.374. The number of thiazole rings is 1. The monoisotopic (exact) mass is 764 g/mol. The van der Waals surface area contributed by atoms with E-state index < -0.39 is 35.2 Å². The molecule has 3 heterocycles. The van der Waals surface area contributed by atoms with Gasteiger partial charge in [-0.05, 0) is 43.2 Å². The zero-order valence-electron chi connectivity index (χ0n) is 25.0. The standard InChI is InChI=1S/C31H31F2N6O5S.HI/c1-20(29-36-28(15-45-29)23-7-5-22(13-34)6-8-23)31(42,26-12-24(32)9-10-27(26)33)16-38-18-37(17-35-38)19-44-30(41)39-11-3-4-25(39)14-43-21(2)40;/h5-10,12,15,17-18,20,25,42H,3-4,11,14,16,19H2,1-2H3;1H/q+1;/p-1. The number of carbonyl (C=O) groups excluding carboxylic acids is 2. The molecule has 0 aliphatic carbocycles. The SMILES string of the molecule is CC(=O)OCC1CCCN1C(=O)OC[n+]1cnn(CC(O)(c2cc(F)ccc2F)C(C)c2nc(-c3ccc(C#N)cc3)cs2)c1.[I-]. The summed E-state index contributed by atoms with van der Waals surface area (Å²) in [4.78, 5) is 30.1. The van der Waals surface area contributed by atoms with Gasteiger partial charge in [-0.25, -0.2) is 23.1 Å². The van der Waals surface area contributed by atoms with Gasteiger partial charge in [-0.3, -0.25) is 4.79 Å². The molecule has 46 heavy (non-hydrogen) atoms. The maximum Gasteiger partial charge on any atom is 0.412 e. The molecule has 1 amide bonds. The predicted molar refractivity (Wildman–Crippen MR) is 156 cm³/mol. The van der Waals surface area contributed by atoms with Crippen LogP contribution >= 0.6 is 11.3 Å². The number of benzene rings is 2. The molecule has 3 unspecified atom stereocenters. The number of esters is 1. The summed E-state index contributed by atoms with van der Waals surface area (Å²) < 4.78 is 42.9. The number of aliphatic hydroxyl groups is 1. The van der Waals surface area contributed by atoms with Crippen molar-refractivity contribution in [3.8, 4) is 17.3 Å². The maximum absolute atomic E-state index is 15.2. The van der Waals surface area contributed by atoms with Gasteiger partial charge < -0.3 is 43.5 Å². The van der Waals surface area contributed by atoms with Crippen molar-refractivity contribution in [2.75, 3.05) is 13.2 Å². The van der Waals surface area contributed by atoms with Crippen molar-refractivity contribution in [3.63, 3.8) is 0 Å². The Kier molecular flexibility index (Phi) is 11.4. The van der Waals surface area contributed by atoms with E-state index in [1.165, 1.54) is 45.1 Å². The Morgan fingerprint density at radius 3 is 2.72 bits per heavy atom. The molecule has 11 nitrogen and oxygen atoms in total. The molecular formula is C31H31F2IN6O5S. The number of aromatic nitrogens is 4. The molecule has 1 aliphatic heterocycles. The first-order valence-corrected chi connectivity index (χ1v) is 15.1. The fourth-order valence-electron chi connectivity index (χ4n) is 5.26. The molecule has 0 radical (unpaired) electrons. The molecule has 1 aliphatic rings. The van der Waals surface area contributed by atoms with Crippen molar-refractivity contribution in [2.24, 2.45) is 0 Å². The Labute approximate surface area is 285 Å². The summed E-state index contributed by atoms with van der Waals surface area (Å²) in [6.07, 6.45) is 3.74. The minimum Gasteiger partial charge on any atom is -1.00 e. The summed E-state index contributed by atoms with van der Waals surface area (Å²) >= 11 is 1.26. The Morgan fingerprint density at radius 1 is 1.24 bits per heavy atom. The van der Waals surface area contributed by atoms with Gasteiger partial charge in [0.05, 0.1) is 28.4 Å². The van der Waals surface area contributed by atoms with Crippen molar-refractivity contribution in [1.29, 1.82) is 5.26 Å². The van der Waals surface area contributed by atoms with Gasteiger partial charge in [-0.1, -0.05) is 19.1 Å². The molecule has 1 N–H and O–H groups in total. The maximum atomic E-state index is 15.2. The first-order valence-electron chi connectivity index (χ1n) is 14.2. The molecule has 15 heteroatoms. The first kappa shape index (κ1) is 34.9. The minimum absolute atomic E-state index is 0. The average Bonchev–Trinajstić information content (AvgIpc) is 3.81. The van der Waals surface area contributed by atoms with Crippen LogP contribution in [0.2, 0.25) is 0 Å². The number of halogens is 3. The Morgan fingerprint density at radius 2 is 2.00 bits per heavy atom. The lowest BCUT2D eigenvalue weighted by Crippen LogP contribution is -3.00. The molecule has 1 saturated heterocycles. The van der Waals surface area contributed by atoms with Gasteiger partial charge in [0.25, 0.3) is 6.33 Å². The van der Waals surface area contributed by atoms with Crippen molar-refractivity contribution in [1.82, 2.24) is 19.7 Å². The number of nitrogens with zero attached hydrogens (tertiary/aromatic N) is 6. The van der Waals surface area contributed by atoms with Gasteiger partial charge in [-0.15, -0.1) is 16.0 Å². The van der Waals surface area contributed by atoms with Gasteiger partial charge in [-0.2, -0.15) is 5.26 Å². The van der Waals surface area contributed by atoms with Crippen LogP contribution in [-0.2, 0) is 33.1 Å². The second-order valence-corrected chi connectivity index (χ2v) is 11.7. The third kappa shape index (κ3) is 7.85. The predicted octanol–water partition coefficient (Wildman–Crippen LogP) is 1.26. The summed E-state index contributed by atoms with van der Waals surface area (Å²) in [5.74, 6) is -2.75. The van der Waals surface area contributed by atoms with Crippen molar-refractivity contribution >= 4 is 23.4 Å². The van der Waals surface area contributed by atoms with Crippen LogP contribution in [0.25, 0.3) is 11.3 Å². The van der Waals surface area contributed by atoms with Crippen LogP contribution in [0.3, 0.4) is 0 Å². The Balaban J connectivity index is 0.00000480. The van der Waals surface area contributed by atoms with Crippen LogP contribution in [0.4, 0.5) is 13.6 Å². The number of likely N-dealkylation sites (tertiary alicyclic amines) is 1. The molecule has 1 fully saturated rings. The Bertz CT molecular complexity index is 1730. The fraction of sp³-hybridized carbons (Fsp3) is 0.355. The smallest absolute Gasteiger partial charge is 0.412 e. The van der Waals surface area contributed by atoms with Crippen LogP contribution < -0.4 is 28.5 Å². The lowest BCUT2D eigenvalue weighted by molar-refractivity contribution is -0.728. The lowest BCUT2D eigenvalue weighted by atomic mass is 9.82. The molecule has 0 bridgehead atoms. The van der Waals surface area contributed by atoms with E-state index in [1.54, 1.807) is 36.6 Å². The molecule has 2 aromatic heterocycles. The number of hydrogen-bond acceptors (Lipinski definition) is 9. The van der Waals surface area contributed by atoms with Gasteiger partial charge in [0.1, 0.15) is 30.4 Å². The highest BCUT2D eigenvalue weighted by Gasteiger charge is 2.43. The second-order valence-electron chi connectivity index (χ2n) is 10.8. The molecule has 4 aromatic rings. The number of carbonyl (C=O) groups is 2. The molecular weight excluding hydrogens is 733 g/mol. The van der Waals surface area contributed by atoms with E-state index in [2.05, 4.69) is 16.2 Å². The Hall–Kier alpha value is -4.01. The quantitative estimate of drug-likeness (QED) is 0.145. The van der Waals surface area contributed by atoms with E-state index in [9.17, 15) is 19.1 Å². The van der Waals surface area contributed by atoms with Gasteiger partial charge in [0.2, 0.25) is 13.1 Å². The second kappa shape index (κ2) is 15.1. The molecule has 0 saturated carbocycles. The van der Waals surface area contributed by atoms with Gasteiger partial charge in [0.15, 0.2) is 0 Å². The highest BCUT2D eigenvalue weighted by molar-refractivity contribution is 7.10. The van der Waals surface area contributed by atoms with Crippen LogP contribution in [0.15, 0.2) is 60.5 Å². The summed E-state index contributed by atoms with van der Waals surface area (Å²) in [7, 11) is 0. The van der Waals surface area contributed by atoms with E-state index >= 15 is 4.39 Å². The number of hydrogen-bond donors (Lipinski definition) is 1. The molecule has 5 rings (SSSR count). The van der Waals surface area contributed by atoms with Crippen molar-refractivity contribution in [2.45, 2.75) is 57.5 Å². The van der Waals surface area contributed by atoms with Gasteiger partial charge >= 0.3 is 12.1 Å². The molecule has 2 aromatic carbocycles. The normalized spacial score (nSPS) is 16.2. The third-order valence-electron chi connectivity index (χ3n) is 7.77. The highest BCUT2D eigenvalue weighted by Crippen LogP contribution is 2.41. The van der Waals surface area contributed by atoms with E-state index in [0.29, 0.717) is 29.2 Å². The summed E-state index contributed by atoms with van der Waals surface area (Å²) in [5, 5.41) is 27.7. The van der Waals surface area contributed by atoms with E-state index in [0.717, 1.165) is 30.2 Å². The van der Waals surface area contributed by atoms with Crippen LogP contribution in [-0.4, -0.2) is 56.0 Å². The zero-order chi connectivity index (χ0) is 32.1. The minimum atomic E-state index is -1.99. The van der Waals surface area contributed by atoms with Crippen LogP contribution in [0.5, 0.6) is 0 Å². The first-order chi connectivity index (χ1) is 21.6. The topological polar surface area (TPSA) is 134 Å². The molecule has 3 atom stereocenters. The number of rotatable bonds is 10. The number of nitriles is 1.